The van der Waals surface area contributed by atoms with Crippen LogP contribution in [0, 0.1) is 48.5 Å². The second-order valence-electron chi connectivity index (χ2n) is 28.7. The Morgan fingerprint density at radius 1 is 0.273 bits per heavy atom. The average molecular weight is 1120 g/mol. The SMILES string of the molecule is COc1c(C(C)(C)C)cc(P(c2cc(C(C)(C)C)c(OC)c(C(C)(C)C)c2)[c-]2[c-][c-][c-][c-]2)cc1C(C)(C)C.COc1c(C(C)(C)C)cc(P(c2cc(C(C)(C)C)c(OC)c(C(C)(C)C)c2)[c-]2[c-][c-][c-][c-]2)cc1C(C)(C)C.[Fe]. The summed E-state index contributed by atoms with van der Waals surface area (Å²) in [5.74, 6) is 3.94. The Morgan fingerprint density at radius 3 is 0.506 bits per heavy atom. The van der Waals surface area contributed by atoms with Gasteiger partial charge in [-0.2, -0.15) is 0 Å². The van der Waals surface area contributed by atoms with Crippen LogP contribution in [0.5, 0.6) is 23.0 Å². The van der Waals surface area contributed by atoms with Gasteiger partial charge in [0.05, 0.1) is 28.4 Å². The molecule has 0 bridgehead atoms. The number of rotatable bonds is 10. The molecule has 0 aliphatic heterocycles. The van der Waals surface area contributed by atoms with E-state index in [9.17, 15) is 0 Å². The summed E-state index contributed by atoms with van der Waals surface area (Å²) in [7, 11) is 5.20. The molecule has 0 fully saturated rings. The number of hydrogen-bond donors (Lipinski definition) is 0. The maximum Gasteiger partial charge on any atom is 0.126 e. The van der Waals surface area contributed by atoms with Crippen LogP contribution in [0.3, 0.4) is 0 Å². The van der Waals surface area contributed by atoms with Crippen LogP contribution < -0.4 is 50.8 Å². The molecule has 0 unspecified atom stereocenters. The summed E-state index contributed by atoms with van der Waals surface area (Å²) in [4.78, 5) is 0. The van der Waals surface area contributed by atoms with Crippen molar-refractivity contribution in [3.63, 3.8) is 0 Å². The first-order valence-corrected chi connectivity index (χ1v) is 29.6. The molecule has 0 aliphatic carbocycles. The Morgan fingerprint density at radius 2 is 0.403 bits per heavy atom. The quantitative estimate of drug-likeness (QED) is 0.0778. The molecule has 0 saturated heterocycles. The van der Waals surface area contributed by atoms with Gasteiger partial charge in [-0.25, -0.2) is 15.8 Å². The van der Waals surface area contributed by atoms with E-state index in [1.54, 1.807) is 28.4 Å². The van der Waals surface area contributed by atoms with Crippen LogP contribution in [-0.2, 0) is 60.4 Å². The van der Waals surface area contributed by atoms with Crippen LogP contribution in [0.25, 0.3) is 0 Å². The van der Waals surface area contributed by atoms with E-state index in [2.05, 4.69) is 263 Å². The first kappa shape index (κ1) is 65.7. The minimum atomic E-state index is -0.982. The minimum Gasteiger partial charge on any atom is -0.998 e. The molecule has 0 amide bonds. The van der Waals surface area contributed by atoms with E-state index in [4.69, 9.17) is 18.9 Å². The predicted molar refractivity (Wildman–Crippen MR) is 328 cm³/mol. The maximum absolute atomic E-state index is 6.08. The molecule has 0 radical (unpaired) electrons. The van der Waals surface area contributed by atoms with Crippen molar-refractivity contribution < 1.29 is 36.0 Å². The third kappa shape index (κ3) is 14.9. The molecular weight excluding hydrogens is 1020 g/mol. The summed E-state index contributed by atoms with van der Waals surface area (Å²) >= 11 is 0. The van der Waals surface area contributed by atoms with E-state index < -0.39 is 15.8 Å². The molecule has 6 aromatic rings. The summed E-state index contributed by atoms with van der Waals surface area (Å²) < 4.78 is 24.3. The molecule has 7 heteroatoms. The topological polar surface area (TPSA) is 36.9 Å². The Labute approximate surface area is 483 Å². The molecule has 6 rings (SSSR count). The van der Waals surface area contributed by atoms with Crippen molar-refractivity contribution in [2.24, 2.45) is 0 Å². The molecule has 6 aromatic carbocycles. The van der Waals surface area contributed by atoms with Crippen LogP contribution in [0.1, 0.15) is 211 Å². The van der Waals surface area contributed by atoms with Gasteiger partial charge in [-0.05, 0) is 91.9 Å². The fraction of sp³-hybridized carbons (Fsp3) is 0.514. The summed E-state index contributed by atoms with van der Waals surface area (Å²) in [5, 5.41) is 7.08. The van der Waals surface area contributed by atoms with Crippen molar-refractivity contribution in [1.82, 2.24) is 0 Å². The Kier molecular flexibility index (Phi) is 20.2. The van der Waals surface area contributed by atoms with Gasteiger partial charge < -0.3 is 78.1 Å². The summed E-state index contributed by atoms with van der Waals surface area (Å²) in [5.41, 5.74) is 9.02. The molecule has 0 heterocycles. The summed E-state index contributed by atoms with van der Waals surface area (Å²) in [6, 6.07) is 44.4. The van der Waals surface area contributed by atoms with Crippen molar-refractivity contribution in [3.8, 4) is 23.0 Å². The van der Waals surface area contributed by atoms with Crippen molar-refractivity contribution in [1.29, 1.82) is 0 Å². The van der Waals surface area contributed by atoms with Gasteiger partial charge in [0.15, 0.2) is 0 Å². The fourth-order valence-electron chi connectivity index (χ4n) is 9.77. The van der Waals surface area contributed by atoms with Crippen LogP contribution in [0.2, 0.25) is 0 Å². The zero-order chi connectivity index (χ0) is 57.7. The van der Waals surface area contributed by atoms with Crippen molar-refractivity contribution in [2.75, 3.05) is 28.4 Å². The van der Waals surface area contributed by atoms with E-state index in [0.29, 0.717) is 0 Å². The zero-order valence-electron chi connectivity index (χ0n) is 52.5. The number of hydrogen-bond acceptors (Lipinski definition) is 4. The smallest absolute Gasteiger partial charge is 0.126 e. The molecular formula is C70H92FeO4P2-10. The Bertz CT molecular complexity index is 2410. The molecule has 0 saturated carbocycles. The normalized spacial score (nSPS) is 13.1. The standard InChI is InChI=1S/2C35H46O2P.Fe/c2*1-32(2,3)26-19-24(20-27(30(26)36-13)33(4,5)6)38(23-17-15-16-18-23)25-21-28(34(7,8)9)31(37-14)29(22-25)35(10,11)12;/h2*19-22H,1-14H3;/q2*-5;. The van der Waals surface area contributed by atoms with Gasteiger partial charge in [-0.3, -0.25) is 0 Å². The van der Waals surface area contributed by atoms with E-state index >= 15 is 0 Å². The van der Waals surface area contributed by atoms with Gasteiger partial charge in [-0.15, -0.1) is 0 Å². The largest absolute Gasteiger partial charge is 0.998 e. The van der Waals surface area contributed by atoms with Crippen molar-refractivity contribution in [2.45, 2.75) is 209 Å². The van der Waals surface area contributed by atoms with Crippen LogP contribution >= 0.6 is 15.8 Å². The maximum atomic E-state index is 6.08. The van der Waals surface area contributed by atoms with Crippen molar-refractivity contribution in [3.05, 3.63) is 142 Å². The summed E-state index contributed by atoms with van der Waals surface area (Å²) in [6.45, 7) is 54.2. The van der Waals surface area contributed by atoms with E-state index in [-0.39, 0.29) is 60.4 Å². The average Bonchev–Trinajstić information content (AvgIpc) is 4.02. The molecule has 77 heavy (non-hydrogen) atoms. The molecule has 0 atom stereocenters. The second-order valence-corrected chi connectivity index (χ2v) is 33.0. The Hall–Kier alpha value is -3.84. The number of ether oxygens (including phenoxy) is 4. The molecule has 424 valence electrons. The minimum absolute atomic E-state index is 0. The summed E-state index contributed by atoms with van der Waals surface area (Å²) in [6.07, 6.45) is 0. The monoisotopic (exact) mass is 1110 g/mol. The third-order valence-corrected chi connectivity index (χ3v) is 18.3. The third-order valence-electron chi connectivity index (χ3n) is 13.9. The van der Waals surface area contributed by atoms with Crippen LogP contribution in [-0.4, -0.2) is 28.4 Å². The molecule has 0 aromatic heterocycles. The van der Waals surface area contributed by atoms with Crippen LogP contribution in [0.4, 0.5) is 0 Å². The van der Waals surface area contributed by atoms with E-state index in [0.717, 1.165) is 33.6 Å². The predicted octanol–water partition coefficient (Wildman–Crippen LogP) is 15.1. The molecule has 4 nitrogen and oxygen atoms in total. The first-order valence-electron chi connectivity index (χ1n) is 26.9. The van der Waals surface area contributed by atoms with Gasteiger partial charge in [0.1, 0.15) is 23.0 Å². The van der Waals surface area contributed by atoms with Gasteiger partial charge >= 0.3 is 0 Å². The number of benzene rings is 4. The molecule has 0 N–H and O–H groups in total. The van der Waals surface area contributed by atoms with E-state index in [1.165, 1.54) is 65.7 Å². The van der Waals surface area contributed by atoms with E-state index in [1.807, 2.05) is 0 Å². The van der Waals surface area contributed by atoms with Crippen LogP contribution in [0.15, 0.2) is 48.5 Å². The zero-order valence-corrected chi connectivity index (χ0v) is 55.4. The molecule has 0 aliphatic rings. The second kappa shape index (κ2) is 23.7. The van der Waals surface area contributed by atoms with Gasteiger partial charge in [0.25, 0.3) is 0 Å². The Balaban J connectivity index is 0.000000328. The van der Waals surface area contributed by atoms with Crippen molar-refractivity contribution >= 4 is 47.7 Å². The van der Waals surface area contributed by atoms with Gasteiger partial charge in [0.2, 0.25) is 0 Å². The molecule has 0 spiro atoms. The van der Waals surface area contributed by atoms with Gasteiger partial charge in [0, 0.05) is 61.6 Å². The van der Waals surface area contributed by atoms with Gasteiger partial charge in [-0.1, -0.05) is 187 Å². The first-order chi connectivity index (χ1) is 34.6. The fourth-order valence-corrected chi connectivity index (χ4v) is 14.1. The number of methoxy groups -OCH3 is 4.